The number of nitrogens with zero attached hydrogens (tertiary/aromatic N) is 3. The number of nitrogens with one attached hydrogen (secondary N) is 1. The molecule has 1 N–H and O–H groups in total. The molecular weight excluding hydrogens is 228 g/mol. The van der Waals surface area contributed by atoms with Crippen molar-refractivity contribution in [2.75, 3.05) is 0 Å². The molecule has 0 spiro atoms. The smallest absolute Gasteiger partial charge is 0.258 e. The highest BCUT2D eigenvalue weighted by Crippen LogP contribution is 2.24. The molecule has 5 nitrogen and oxygen atoms in total. The lowest BCUT2D eigenvalue weighted by Gasteiger charge is -2.04. The normalized spacial score (nSPS) is 10.2. The Morgan fingerprint density at radius 2 is 1.83 bits per heavy atom. The van der Waals surface area contributed by atoms with Gasteiger partial charge >= 0.3 is 0 Å². The van der Waals surface area contributed by atoms with Crippen molar-refractivity contribution in [3.05, 3.63) is 55.0 Å². The Morgan fingerprint density at radius 3 is 2.61 bits per heavy atom. The van der Waals surface area contributed by atoms with Crippen LogP contribution in [0.3, 0.4) is 0 Å². The maximum atomic E-state index is 5.51. The van der Waals surface area contributed by atoms with Crippen molar-refractivity contribution in [1.82, 2.24) is 20.4 Å². The molecule has 0 unspecified atom stereocenters. The van der Waals surface area contributed by atoms with E-state index in [0.29, 0.717) is 11.6 Å². The fourth-order valence-electron chi connectivity index (χ4n) is 1.62. The molecular formula is C13H10N4O. The summed E-state index contributed by atoms with van der Waals surface area (Å²) in [6.45, 7) is 0. The number of hydrogen-bond donors (Lipinski definition) is 1. The summed E-state index contributed by atoms with van der Waals surface area (Å²) in [6, 6.07) is 11.9. The van der Waals surface area contributed by atoms with E-state index in [2.05, 4.69) is 20.4 Å². The maximum Gasteiger partial charge on any atom is 0.258 e. The van der Waals surface area contributed by atoms with E-state index in [1.165, 1.54) is 6.20 Å². The monoisotopic (exact) mass is 238 g/mol. The largest absolute Gasteiger partial charge is 0.435 e. The van der Waals surface area contributed by atoms with Crippen LogP contribution in [0.25, 0.3) is 11.1 Å². The van der Waals surface area contributed by atoms with E-state index in [9.17, 15) is 0 Å². The van der Waals surface area contributed by atoms with Gasteiger partial charge in [0.2, 0.25) is 0 Å². The average molecular weight is 238 g/mol. The lowest BCUT2D eigenvalue weighted by Crippen LogP contribution is -1.87. The molecule has 3 rings (SSSR count). The van der Waals surface area contributed by atoms with Gasteiger partial charge in [-0.15, -0.1) is 5.10 Å². The zero-order valence-electron chi connectivity index (χ0n) is 9.45. The van der Waals surface area contributed by atoms with Gasteiger partial charge in [-0.2, -0.15) is 10.3 Å². The van der Waals surface area contributed by atoms with Gasteiger partial charge in [-0.3, -0.25) is 4.98 Å². The number of ether oxygens (including phenoxy) is 1. The van der Waals surface area contributed by atoms with Gasteiger partial charge in [0, 0.05) is 11.8 Å². The molecule has 5 heteroatoms. The zero-order valence-corrected chi connectivity index (χ0v) is 9.45. The maximum absolute atomic E-state index is 5.51. The number of H-pyrrole nitrogens is 1. The van der Waals surface area contributed by atoms with Crippen LogP contribution in [0.5, 0.6) is 11.6 Å². The standard InChI is InChI=1S/C13H10N4O/c1-2-4-10(5-3-1)11-6-12(8-14-7-11)18-13-9-15-17-16-13/h1-9H,(H,15,16,17). The first-order valence-corrected chi connectivity index (χ1v) is 5.46. The first-order chi connectivity index (χ1) is 8.92. The molecule has 0 saturated heterocycles. The van der Waals surface area contributed by atoms with E-state index < -0.39 is 0 Å². The Bertz CT molecular complexity index is 623. The van der Waals surface area contributed by atoms with Gasteiger partial charge in [0.1, 0.15) is 11.9 Å². The second-order valence-corrected chi connectivity index (χ2v) is 3.69. The Morgan fingerprint density at radius 1 is 0.944 bits per heavy atom. The third-order valence-corrected chi connectivity index (χ3v) is 2.44. The first kappa shape index (κ1) is 10.5. The molecule has 0 radical (unpaired) electrons. The number of benzene rings is 1. The molecule has 0 aliphatic rings. The van der Waals surface area contributed by atoms with Crippen molar-refractivity contribution in [2.24, 2.45) is 0 Å². The predicted octanol–water partition coefficient (Wildman–Crippen LogP) is 2.66. The molecule has 0 amide bonds. The van der Waals surface area contributed by atoms with Crippen molar-refractivity contribution in [2.45, 2.75) is 0 Å². The number of rotatable bonds is 3. The molecule has 0 atom stereocenters. The number of aromatic amines is 1. The van der Waals surface area contributed by atoms with E-state index >= 15 is 0 Å². The predicted molar refractivity (Wildman–Crippen MR) is 66.1 cm³/mol. The quantitative estimate of drug-likeness (QED) is 0.761. The molecule has 0 saturated carbocycles. The van der Waals surface area contributed by atoms with Gasteiger partial charge in [-0.25, -0.2) is 0 Å². The first-order valence-electron chi connectivity index (χ1n) is 5.46. The minimum Gasteiger partial charge on any atom is -0.435 e. The van der Waals surface area contributed by atoms with Gasteiger partial charge in [0.15, 0.2) is 0 Å². The lowest BCUT2D eigenvalue weighted by atomic mass is 10.1. The van der Waals surface area contributed by atoms with E-state index in [4.69, 9.17) is 4.74 Å². The number of aromatic nitrogens is 4. The van der Waals surface area contributed by atoms with Crippen LogP contribution in [0, 0.1) is 0 Å². The summed E-state index contributed by atoms with van der Waals surface area (Å²) >= 11 is 0. The van der Waals surface area contributed by atoms with Crippen molar-refractivity contribution in [3.63, 3.8) is 0 Å². The number of pyridine rings is 1. The minimum absolute atomic E-state index is 0.419. The Hall–Kier alpha value is -2.69. The molecule has 0 fully saturated rings. The van der Waals surface area contributed by atoms with Crippen LogP contribution >= 0.6 is 0 Å². The van der Waals surface area contributed by atoms with E-state index in [-0.39, 0.29) is 0 Å². The minimum atomic E-state index is 0.419. The van der Waals surface area contributed by atoms with Crippen molar-refractivity contribution < 1.29 is 4.74 Å². The fourth-order valence-corrected chi connectivity index (χ4v) is 1.62. The summed E-state index contributed by atoms with van der Waals surface area (Å²) in [4.78, 5) is 4.16. The molecule has 88 valence electrons. The van der Waals surface area contributed by atoms with Gasteiger partial charge in [0.25, 0.3) is 5.88 Å². The van der Waals surface area contributed by atoms with Crippen LogP contribution in [0.4, 0.5) is 0 Å². The van der Waals surface area contributed by atoms with Crippen LogP contribution in [0.2, 0.25) is 0 Å². The number of hydrogen-bond acceptors (Lipinski definition) is 4. The van der Waals surface area contributed by atoms with E-state index in [1.54, 1.807) is 12.4 Å². The molecule has 18 heavy (non-hydrogen) atoms. The van der Waals surface area contributed by atoms with Crippen LogP contribution in [0.15, 0.2) is 55.0 Å². The Labute approximate surface area is 103 Å². The van der Waals surface area contributed by atoms with E-state index in [0.717, 1.165) is 11.1 Å². The second kappa shape index (κ2) is 4.67. The molecule has 0 aliphatic carbocycles. The van der Waals surface area contributed by atoms with Crippen LogP contribution in [0.1, 0.15) is 0 Å². The molecule has 0 aliphatic heterocycles. The Kier molecular flexibility index (Phi) is 2.71. The van der Waals surface area contributed by atoms with Crippen molar-refractivity contribution >= 4 is 0 Å². The van der Waals surface area contributed by atoms with Gasteiger partial charge in [0.05, 0.1) is 6.20 Å². The summed E-state index contributed by atoms with van der Waals surface area (Å²) in [5.74, 6) is 1.05. The van der Waals surface area contributed by atoms with Crippen LogP contribution in [-0.4, -0.2) is 20.4 Å². The highest BCUT2D eigenvalue weighted by Gasteiger charge is 2.03. The summed E-state index contributed by atoms with van der Waals surface area (Å²) in [7, 11) is 0. The summed E-state index contributed by atoms with van der Waals surface area (Å²) in [5, 5.41) is 10.00. The van der Waals surface area contributed by atoms with Gasteiger partial charge in [-0.1, -0.05) is 30.3 Å². The fraction of sp³-hybridized carbons (Fsp3) is 0. The molecule has 3 aromatic rings. The van der Waals surface area contributed by atoms with Crippen LogP contribution in [-0.2, 0) is 0 Å². The lowest BCUT2D eigenvalue weighted by molar-refractivity contribution is 0.459. The van der Waals surface area contributed by atoms with E-state index in [1.807, 2.05) is 36.4 Å². The van der Waals surface area contributed by atoms with Gasteiger partial charge < -0.3 is 4.74 Å². The third-order valence-electron chi connectivity index (χ3n) is 2.44. The van der Waals surface area contributed by atoms with Crippen LogP contribution < -0.4 is 4.74 Å². The topological polar surface area (TPSA) is 63.7 Å². The average Bonchev–Trinajstić information content (AvgIpc) is 2.93. The SMILES string of the molecule is c1ccc(-c2cncc(Oc3cn[nH]n3)c2)cc1. The summed E-state index contributed by atoms with van der Waals surface area (Å²) in [6.07, 6.45) is 4.95. The van der Waals surface area contributed by atoms with Crippen molar-refractivity contribution in [1.29, 1.82) is 0 Å². The molecule has 2 heterocycles. The Balaban J connectivity index is 1.90. The third kappa shape index (κ3) is 2.20. The zero-order chi connectivity index (χ0) is 12.2. The summed E-state index contributed by atoms with van der Waals surface area (Å²) in [5.41, 5.74) is 2.09. The highest BCUT2D eigenvalue weighted by molar-refractivity contribution is 5.63. The van der Waals surface area contributed by atoms with Gasteiger partial charge in [-0.05, 0) is 11.6 Å². The molecule has 1 aromatic carbocycles. The van der Waals surface area contributed by atoms with Crippen molar-refractivity contribution in [3.8, 4) is 22.8 Å². The molecule has 2 aromatic heterocycles. The molecule has 0 bridgehead atoms. The highest BCUT2D eigenvalue weighted by atomic mass is 16.5. The second-order valence-electron chi connectivity index (χ2n) is 3.69. The summed E-state index contributed by atoms with van der Waals surface area (Å²) < 4.78 is 5.51.